The maximum Gasteiger partial charge on any atom is 0.387 e. The second-order valence-corrected chi connectivity index (χ2v) is 7.58. The van der Waals surface area contributed by atoms with Crippen molar-refractivity contribution in [1.29, 1.82) is 0 Å². The molecule has 4 aromatic rings. The number of aromatic nitrogens is 3. The fourth-order valence-electron chi connectivity index (χ4n) is 3.08. The normalized spacial score (nSPS) is 11.0. The number of nitrogens with zero attached hydrogens (tertiary/aromatic N) is 3. The fraction of sp³-hybridized carbons (Fsp3) is 0.0952. The van der Waals surface area contributed by atoms with E-state index in [0.717, 1.165) is 20.5 Å². The molecule has 2 aromatic heterocycles. The molecule has 0 aliphatic carbocycles. The zero-order chi connectivity index (χ0) is 22.0. The first-order chi connectivity index (χ1) is 15.0. The summed E-state index contributed by atoms with van der Waals surface area (Å²) in [5.74, 6) is 0.473. The molecule has 0 radical (unpaired) electrons. The Morgan fingerprint density at radius 1 is 1.16 bits per heavy atom. The van der Waals surface area contributed by atoms with Crippen molar-refractivity contribution in [2.45, 2.75) is 6.61 Å². The maximum absolute atomic E-state index is 12.4. The van der Waals surface area contributed by atoms with Crippen molar-refractivity contribution in [3.05, 3.63) is 70.2 Å². The van der Waals surface area contributed by atoms with Gasteiger partial charge in [-0.1, -0.05) is 0 Å². The molecule has 0 atom stereocenters. The van der Waals surface area contributed by atoms with E-state index in [1.54, 1.807) is 49.9 Å². The van der Waals surface area contributed by atoms with E-state index in [1.807, 2.05) is 10.5 Å². The molecule has 0 aliphatic heterocycles. The second kappa shape index (κ2) is 8.84. The van der Waals surface area contributed by atoms with E-state index in [9.17, 15) is 13.6 Å². The molecular formula is C21H16F2IN5O2. The zero-order valence-electron chi connectivity index (χ0n) is 16.1. The number of benzene rings is 2. The highest BCUT2D eigenvalue weighted by Crippen LogP contribution is 2.28. The largest absolute Gasteiger partial charge is 0.435 e. The Hall–Kier alpha value is -3.28. The van der Waals surface area contributed by atoms with Gasteiger partial charge in [0.05, 0.1) is 17.5 Å². The molecule has 4 rings (SSSR count). The Bertz CT molecular complexity index is 1240. The number of carbonyl (C=O) groups is 1. The van der Waals surface area contributed by atoms with Gasteiger partial charge in [-0.05, 0) is 65.1 Å². The minimum atomic E-state index is -2.87. The summed E-state index contributed by atoms with van der Waals surface area (Å²) in [5, 5.41) is 5.84. The summed E-state index contributed by atoms with van der Waals surface area (Å²) in [5.41, 5.74) is 3.50. The lowest BCUT2D eigenvalue weighted by Gasteiger charge is -2.10. The molecule has 0 spiro atoms. The van der Waals surface area contributed by atoms with Crippen LogP contribution in [0.1, 0.15) is 10.4 Å². The van der Waals surface area contributed by atoms with E-state index < -0.39 is 6.61 Å². The van der Waals surface area contributed by atoms with Crippen LogP contribution in [0.25, 0.3) is 16.9 Å². The van der Waals surface area contributed by atoms with Crippen molar-refractivity contribution in [2.24, 2.45) is 0 Å². The third kappa shape index (κ3) is 4.43. The van der Waals surface area contributed by atoms with Crippen molar-refractivity contribution < 1.29 is 18.3 Å². The number of fused-ring (bicyclic) bond motifs is 1. The van der Waals surface area contributed by atoms with Crippen molar-refractivity contribution in [1.82, 2.24) is 19.7 Å². The standard InChI is InChI=1S/C21H16F2IN5O2/c1-25-20(30)15-7-4-13(10-16(15)24)28-18-19-27-11-17(29(19)9-8-26-18)12-2-5-14(6-3-12)31-21(22)23/h2-11,21H,1H3,(H,25,30)(H,26,28). The number of carbonyl (C=O) groups excluding carboxylic acids is 1. The molecule has 0 saturated carbocycles. The van der Waals surface area contributed by atoms with Gasteiger partial charge in [0.1, 0.15) is 5.75 Å². The summed E-state index contributed by atoms with van der Waals surface area (Å²) >= 11 is 2.11. The Morgan fingerprint density at radius 2 is 1.94 bits per heavy atom. The minimum absolute atomic E-state index is 0.0893. The smallest absolute Gasteiger partial charge is 0.387 e. The molecule has 1 amide bonds. The number of ether oxygens (including phenoxy) is 1. The molecule has 158 valence electrons. The molecule has 0 aliphatic rings. The van der Waals surface area contributed by atoms with Gasteiger partial charge in [-0.15, -0.1) is 0 Å². The van der Waals surface area contributed by atoms with Crippen LogP contribution in [0.4, 0.5) is 20.3 Å². The van der Waals surface area contributed by atoms with Crippen molar-refractivity contribution in [3.63, 3.8) is 0 Å². The van der Waals surface area contributed by atoms with Crippen LogP contribution < -0.4 is 15.4 Å². The molecule has 0 unspecified atom stereocenters. The number of anilines is 2. The molecular weight excluding hydrogens is 519 g/mol. The number of alkyl halides is 2. The van der Waals surface area contributed by atoms with Gasteiger partial charge in [-0.3, -0.25) is 9.20 Å². The molecule has 7 nitrogen and oxygen atoms in total. The number of nitrogens with one attached hydrogen (secondary N) is 2. The highest BCUT2D eigenvalue weighted by Gasteiger charge is 2.13. The Kier molecular flexibility index (Phi) is 5.98. The first kappa shape index (κ1) is 21.0. The summed E-state index contributed by atoms with van der Waals surface area (Å²) in [6, 6.07) is 11.7. The first-order valence-electron chi connectivity index (χ1n) is 9.12. The topological polar surface area (TPSA) is 80.6 Å². The number of rotatable bonds is 6. The van der Waals surface area contributed by atoms with Crippen LogP contribution in [-0.2, 0) is 0 Å². The van der Waals surface area contributed by atoms with Gasteiger partial charge in [0.15, 0.2) is 11.5 Å². The third-order valence-electron chi connectivity index (χ3n) is 4.51. The summed E-state index contributed by atoms with van der Waals surface area (Å²) in [4.78, 5) is 20.7. The number of halogens is 3. The minimum Gasteiger partial charge on any atom is -0.435 e. The lowest BCUT2D eigenvalue weighted by atomic mass is 10.1. The van der Waals surface area contributed by atoms with Crippen LogP contribution in [-0.4, -0.2) is 33.9 Å². The third-order valence-corrected chi connectivity index (χ3v) is 5.40. The van der Waals surface area contributed by atoms with Crippen LogP contribution in [0, 0.1) is 3.57 Å². The van der Waals surface area contributed by atoms with Crippen LogP contribution in [0.5, 0.6) is 5.75 Å². The average Bonchev–Trinajstić information content (AvgIpc) is 3.19. The van der Waals surface area contributed by atoms with E-state index >= 15 is 0 Å². The summed E-state index contributed by atoms with van der Waals surface area (Å²) in [6.07, 6.45) is 5.09. The van der Waals surface area contributed by atoms with Crippen molar-refractivity contribution >= 4 is 45.7 Å². The summed E-state index contributed by atoms with van der Waals surface area (Å²) < 4.78 is 31.8. The van der Waals surface area contributed by atoms with E-state index in [4.69, 9.17) is 0 Å². The lowest BCUT2D eigenvalue weighted by Crippen LogP contribution is -2.18. The lowest BCUT2D eigenvalue weighted by molar-refractivity contribution is -0.0498. The number of imidazole rings is 1. The van der Waals surface area contributed by atoms with Gasteiger partial charge in [0, 0.05) is 34.3 Å². The molecule has 0 fully saturated rings. The quantitative estimate of drug-likeness (QED) is 0.350. The Morgan fingerprint density at radius 3 is 2.61 bits per heavy atom. The highest BCUT2D eigenvalue weighted by atomic mass is 127. The molecule has 2 aromatic carbocycles. The SMILES string of the molecule is CNC(=O)c1ccc(Nc2nccn3c(-c4ccc(OC(F)F)cc4)cnc23)cc1I. The van der Waals surface area contributed by atoms with Gasteiger partial charge in [-0.2, -0.15) is 8.78 Å². The first-order valence-corrected chi connectivity index (χ1v) is 10.2. The van der Waals surface area contributed by atoms with E-state index in [0.29, 0.717) is 17.0 Å². The number of hydrogen-bond donors (Lipinski definition) is 2. The predicted octanol–water partition coefficient (Wildman–Crippen LogP) is 4.71. The van der Waals surface area contributed by atoms with Gasteiger partial charge in [0.2, 0.25) is 0 Å². The monoisotopic (exact) mass is 535 g/mol. The molecule has 0 saturated heterocycles. The van der Waals surface area contributed by atoms with Crippen LogP contribution in [0.15, 0.2) is 61.1 Å². The van der Waals surface area contributed by atoms with E-state index in [1.165, 1.54) is 12.1 Å². The zero-order valence-corrected chi connectivity index (χ0v) is 18.3. The molecule has 0 bridgehead atoms. The van der Waals surface area contributed by atoms with Gasteiger partial charge in [0.25, 0.3) is 5.91 Å². The van der Waals surface area contributed by atoms with Crippen molar-refractivity contribution in [3.8, 4) is 17.0 Å². The van der Waals surface area contributed by atoms with Crippen LogP contribution in [0.2, 0.25) is 0 Å². The number of amides is 1. The molecule has 2 N–H and O–H groups in total. The maximum atomic E-state index is 12.4. The van der Waals surface area contributed by atoms with E-state index in [2.05, 4.69) is 47.9 Å². The van der Waals surface area contributed by atoms with Crippen molar-refractivity contribution in [2.75, 3.05) is 12.4 Å². The van der Waals surface area contributed by atoms with Crippen LogP contribution in [0.3, 0.4) is 0 Å². The Labute approximate surface area is 189 Å². The van der Waals surface area contributed by atoms with Gasteiger partial charge >= 0.3 is 6.61 Å². The second-order valence-electron chi connectivity index (χ2n) is 6.41. The van der Waals surface area contributed by atoms with Gasteiger partial charge < -0.3 is 15.4 Å². The summed E-state index contributed by atoms with van der Waals surface area (Å²) in [7, 11) is 1.59. The molecule has 31 heavy (non-hydrogen) atoms. The van der Waals surface area contributed by atoms with Crippen LogP contribution >= 0.6 is 22.6 Å². The van der Waals surface area contributed by atoms with Gasteiger partial charge in [-0.25, -0.2) is 9.97 Å². The average molecular weight is 535 g/mol. The Balaban J connectivity index is 1.63. The fourth-order valence-corrected chi connectivity index (χ4v) is 3.84. The summed E-state index contributed by atoms with van der Waals surface area (Å²) in [6.45, 7) is -2.87. The highest BCUT2D eigenvalue weighted by molar-refractivity contribution is 14.1. The van der Waals surface area contributed by atoms with E-state index in [-0.39, 0.29) is 11.7 Å². The molecule has 10 heteroatoms. The molecule has 2 heterocycles. The predicted molar refractivity (Wildman–Crippen MR) is 121 cm³/mol. The number of hydrogen-bond acceptors (Lipinski definition) is 5.